The van der Waals surface area contributed by atoms with E-state index in [4.69, 9.17) is 9.84 Å². The fourth-order valence-electron chi connectivity index (χ4n) is 1.65. The minimum atomic E-state index is -0.807. The van der Waals surface area contributed by atoms with Crippen LogP contribution in [0.3, 0.4) is 0 Å². The summed E-state index contributed by atoms with van der Waals surface area (Å²) < 4.78 is 17.8. The smallest absolute Gasteiger partial charge is 0.258 e. The second-order valence-electron chi connectivity index (χ2n) is 3.51. The fraction of sp³-hybridized carbons (Fsp3) is 0.364. The van der Waals surface area contributed by atoms with Gasteiger partial charge in [-0.15, -0.1) is 0 Å². The number of benzene rings is 1. The Bertz CT molecular complexity index is 379. The maximum absolute atomic E-state index is 12.7. The van der Waals surface area contributed by atoms with Crippen LogP contribution in [0.1, 0.15) is 0 Å². The summed E-state index contributed by atoms with van der Waals surface area (Å²) in [7, 11) is 0. The minimum absolute atomic E-state index is 0.291. The number of morpholine rings is 1. The van der Waals surface area contributed by atoms with Gasteiger partial charge in [-0.2, -0.15) is 0 Å². The zero-order valence-corrected chi connectivity index (χ0v) is 8.60. The SMILES string of the molecule is O=C1C(CO)OCCN1c1ccc(F)cc1. The van der Waals surface area contributed by atoms with E-state index >= 15 is 0 Å². The van der Waals surface area contributed by atoms with Crippen molar-refractivity contribution in [3.8, 4) is 0 Å². The molecule has 1 aromatic carbocycles. The highest BCUT2D eigenvalue weighted by molar-refractivity contribution is 5.97. The van der Waals surface area contributed by atoms with Crippen molar-refractivity contribution >= 4 is 11.6 Å². The normalized spacial score (nSPS) is 21.2. The molecule has 5 heteroatoms. The monoisotopic (exact) mass is 225 g/mol. The Hall–Kier alpha value is -1.46. The van der Waals surface area contributed by atoms with Crippen LogP contribution in [0, 0.1) is 5.82 Å². The van der Waals surface area contributed by atoms with Gasteiger partial charge in [0, 0.05) is 12.2 Å². The van der Waals surface area contributed by atoms with Gasteiger partial charge < -0.3 is 14.7 Å². The number of halogens is 1. The molecule has 1 atom stereocenters. The summed E-state index contributed by atoms with van der Waals surface area (Å²) in [5, 5.41) is 8.94. The number of ether oxygens (including phenoxy) is 1. The molecule has 1 aromatic rings. The average Bonchev–Trinajstić information content (AvgIpc) is 2.31. The summed E-state index contributed by atoms with van der Waals surface area (Å²) in [5.74, 6) is -0.636. The summed E-state index contributed by atoms with van der Waals surface area (Å²) in [6.45, 7) is 0.450. The van der Waals surface area contributed by atoms with Crippen LogP contribution >= 0.6 is 0 Å². The first-order chi connectivity index (χ1) is 7.72. The summed E-state index contributed by atoms with van der Waals surface area (Å²) in [4.78, 5) is 13.3. The van der Waals surface area contributed by atoms with E-state index in [0.717, 1.165) is 0 Å². The Morgan fingerprint density at radius 1 is 1.44 bits per heavy atom. The van der Waals surface area contributed by atoms with Crippen molar-refractivity contribution in [3.63, 3.8) is 0 Å². The van der Waals surface area contributed by atoms with Crippen LogP contribution in [0.15, 0.2) is 24.3 Å². The number of amides is 1. The van der Waals surface area contributed by atoms with Crippen molar-refractivity contribution in [1.29, 1.82) is 0 Å². The highest BCUT2D eigenvalue weighted by Crippen LogP contribution is 2.18. The Balaban J connectivity index is 2.20. The molecule has 4 nitrogen and oxygen atoms in total. The van der Waals surface area contributed by atoms with Crippen molar-refractivity contribution in [1.82, 2.24) is 0 Å². The largest absolute Gasteiger partial charge is 0.393 e. The number of anilines is 1. The maximum Gasteiger partial charge on any atom is 0.258 e. The van der Waals surface area contributed by atoms with Crippen LogP contribution in [0.2, 0.25) is 0 Å². The van der Waals surface area contributed by atoms with Gasteiger partial charge in [-0.1, -0.05) is 0 Å². The Morgan fingerprint density at radius 3 is 2.75 bits per heavy atom. The molecular formula is C11H12FNO3. The second-order valence-corrected chi connectivity index (χ2v) is 3.51. The van der Waals surface area contributed by atoms with Crippen molar-refractivity contribution in [2.75, 3.05) is 24.7 Å². The molecule has 2 rings (SSSR count). The van der Waals surface area contributed by atoms with E-state index in [-0.39, 0.29) is 18.3 Å². The van der Waals surface area contributed by atoms with Crippen molar-refractivity contribution in [2.45, 2.75) is 6.10 Å². The predicted molar refractivity (Wildman–Crippen MR) is 55.6 cm³/mol. The summed E-state index contributed by atoms with van der Waals surface area (Å²) >= 11 is 0. The Labute approximate surface area is 92.2 Å². The van der Waals surface area contributed by atoms with E-state index in [1.54, 1.807) is 0 Å². The number of aliphatic hydroxyl groups excluding tert-OH is 1. The molecule has 1 aliphatic heterocycles. The second kappa shape index (κ2) is 4.59. The fourth-order valence-corrected chi connectivity index (χ4v) is 1.65. The highest BCUT2D eigenvalue weighted by atomic mass is 19.1. The van der Waals surface area contributed by atoms with Gasteiger partial charge in [-0.25, -0.2) is 4.39 Å². The summed E-state index contributed by atoms with van der Waals surface area (Å²) in [5.41, 5.74) is 0.619. The molecule has 0 radical (unpaired) electrons. The van der Waals surface area contributed by atoms with E-state index in [1.165, 1.54) is 29.2 Å². The molecule has 86 valence electrons. The molecule has 0 aromatic heterocycles. The minimum Gasteiger partial charge on any atom is -0.393 e. The summed E-state index contributed by atoms with van der Waals surface area (Å²) in [6, 6.07) is 5.66. The molecule has 16 heavy (non-hydrogen) atoms. The third-order valence-electron chi connectivity index (χ3n) is 2.48. The van der Waals surface area contributed by atoms with Crippen LogP contribution in [-0.2, 0) is 9.53 Å². The number of hydrogen-bond acceptors (Lipinski definition) is 3. The Morgan fingerprint density at radius 2 is 2.12 bits per heavy atom. The van der Waals surface area contributed by atoms with Crippen molar-refractivity contribution in [3.05, 3.63) is 30.1 Å². The quantitative estimate of drug-likeness (QED) is 0.799. The maximum atomic E-state index is 12.7. The van der Waals surface area contributed by atoms with Gasteiger partial charge in [0.1, 0.15) is 5.82 Å². The lowest BCUT2D eigenvalue weighted by molar-refractivity contribution is -0.136. The van der Waals surface area contributed by atoms with Gasteiger partial charge >= 0.3 is 0 Å². The summed E-state index contributed by atoms with van der Waals surface area (Å²) in [6.07, 6.45) is -0.807. The predicted octanol–water partition coefficient (Wildman–Crippen LogP) is 0.550. The third kappa shape index (κ3) is 2.05. The number of nitrogens with zero attached hydrogens (tertiary/aromatic N) is 1. The molecule has 1 N–H and O–H groups in total. The van der Waals surface area contributed by atoms with Gasteiger partial charge in [0.15, 0.2) is 6.10 Å². The number of hydrogen-bond donors (Lipinski definition) is 1. The first-order valence-corrected chi connectivity index (χ1v) is 5.02. The van der Waals surface area contributed by atoms with E-state index in [9.17, 15) is 9.18 Å². The van der Waals surface area contributed by atoms with Crippen LogP contribution < -0.4 is 4.90 Å². The van der Waals surface area contributed by atoms with Crippen LogP contribution in [-0.4, -0.2) is 36.9 Å². The molecule has 0 bridgehead atoms. The molecule has 1 aliphatic rings. The zero-order chi connectivity index (χ0) is 11.5. The number of carbonyl (C=O) groups is 1. The van der Waals surface area contributed by atoms with E-state index < -0.39 is 6.10 Å². The molecule has 1 saturated heterocycles. The molecule has 1 unspecified atom stereocenters. The first kappa shape index (κ1) is 11.0. The van der Waals surface area contributed by atoms with Gasteiger partial charge in [0.05, 0.1) is 13.2 Å². The lowest BCUT2D eigenvalue weighted by atomic mass is 10.2. The first-order valence-electron chi connectivity index (χ1n) is 5.02. The molecule has 1 heterocycles. The standard InChI is InChI=1S/C11H12FNO3/c12-8-1-3-9(4-2-8)13-5-6-16-10(7-14)11(13)15/h1-4,10,14H,5-7H2. The van der Waals surface area contributed by atoms with Crippen molar-refractivity contribution < 1.29 is 19.0 Å². The Kier molecular flexibility index (Phi) is 3.17. The molecular weight excluding hydrogens is 213 g/mol. The van der Waals surface area contributed by atoms with Crippen LogP contribution in [0.25, 0.3) is 0 Å². The third-order valence-corrected chi connectivity index (χ3v) is 2.48. The van der Waals surface area contributed by atoms with Gasteiger partial charge in [-0.05, 0) is 24.3 Å². The average molecular weight is 225 g/mol. The molecule has 0 spiro atoms. The topological polar surface area (TPSA) is 49.8 Å². The number of rotatable bonds is 2. The molecule has 0 saturated carbocycles. The lowest BCUT2D eigenvalue weighted by Crippen LogP contribution is -2.49. The van der Waals surface area contributed by atoms with Gasteiger partial charge in [-0.3, -0.25) is 4.79 Å². The zero-order valence-electron chi connectivity index (χ0n) is 8.60. The number of carbonyl (C=O) groups excluding carboxylic acids is 1. The van der Waals surface area contributed by atoms with E-state index in [1.807, 2.05) is 0 Å². The highest BCUT2D eigenvalue weighted by Gasteiger charge is 2.29. The van der Waals surface area contributed by atoms with Crippen LogP contribution in [0.4, 0.5) is 10.1 Å². The number of aliphatic hydroxyl groups is 1. The van der Waals surface area contributed by atoms with Gasteiger partial charge in [0.2, 0.25) is 0 Å². The lowest BCUT2D eigenvalue weighted by Gasteiger charge is -2.31. The molecule has 0 aliphatic carbocycles. The molecule has 1 amide bonds. The van der Waals surface area contributed by atoms with E-state index in [2.05, 4.69) is 0 Å². The van der Waals surface area contributed by atoms with Crippen LogP contribution in [0.5, 0.6) is 0 Å². The molecule has 1 fully saturated rings. The van der Waals surface area contributed by atoms with Gasteiger partial charge in [0.25, 0.3) is 5.91 Å². The van der Waals surface area contributed by atoms with Crippen molar-refractivity contribution in [2.24, 2.45) is 0 Å². The van der Waals surface area contributed by atoms with E-state index in [0.29, 0.717) is 18.8 Å².